The number of ether oxygens (including phenoxy) is 2. The van der Waals surface area contributed by atoms with Crippen LogP contribution in [0.2, 0.25) is 0 Å². The first kappa shape index (κ1) is 16.3. The molecule has 1 aromatic rings. The lowest BCUT2D eigenvalue weighted by atomic mass is 9.68. The summed E-state index contributed by atoms with van der Waals surface area (Å²) in [6, 6.07) is 9.71. The first-order valence-electron chi connectivity index (χ1n) is 7.34. The smallest absolute Gasteiger partial charge is 0.313 e. The van der Waals surface area contributed by atoms with Crippen LogP contribution in [-0.2, 0) is 19.1 Å². The molecule has 0 saturated carbocycles. The number of cyclic esters (lactones) is 1. The van der Waals surface area contributed by atoms with E-state index in [1.54, 1.807) is 0 Å². The van der Waals surface area contributed by atoms with Gasteiger partial charge >= 0.3 is 11.9 Å². The van der Waals surface area contributed by atoms with Crippen molar-refractivity contribution >= 4 is 18.0 Å². The molecule has 0 aliphatic carbocycles. The van der Waals surface area contributed by atoms with Crippen LogP contribution in [0.1, 0.15) is 32.8 Å². The highest BCUT2D eigenvalue weighted by Gasteiger charge is 2.58. The van der Waals surface area contributed by atoms with Crippen molar-refractivity contribution in [3.05, 3.63) is 42.0 Å². The molecule has 1 aromatic carbocycles. The average Bonchev–Trinajstić information content (AvgIpc) is 2.83. The molecule has 0 aromatic heterocycles. The molecule has 1 heterocycles. The van der Waals surface area contributed by atoms with Gasteiger partial charge in [-0.05, 0) is 11.6 Å². The molecule has 0 N–H and O–H groups in total. The number of carbonyl (C=O) groups excluding carboxylic acids is 2. The quantitative estimate of drug-likeness (QED) is 0.804. The SMILES string of the molecule is COC(=O)C1CC(=O)OC1(/C=C/c1ccccc1)C(C)(C)C. The van der Waals surface area contributed by atoms with Gasteiger partial charge < -0.3 is 9.47 Å². The largest absolute Gasteiger partial charge is 0.469 e. The van der Waals surface area contributed by atoms with Crippen molar-refractivity contribution in [1.29, 1.82) is 0 Å². The van der Waals surface area contributed by atoms with Crippen molar-refractivity contribution in [3.8, 4) is 0 Å². The van der Waals surface area contributed by atoms with Crippen molar-refractivity contribution in [2.45, 2.75) is 32.8 Å². The Kier molecular flexibility index (Phi) is 4.40. The van der Waals surface area contributed by atoms with Gasteiger partial charge in [-0.2, -0.15) is 0 Å². The molecule has 22 heavy (non-hydrogen) atoms. The van der Waals surface area contributed by atoms with Crippen LogP contribution in [0, 0.1) is 11.3 Å². The summed E-state index contributed by atoms with van der Waals surface area (Å²) in [5.74, 6) is -1.42. The van der Waals surface area contributed by atoms with E-state index in [9.17, 15) is 9.59 Å². The van der Waals surface area contributed by atoms with Crippen LogP contribution in [0.4, 0.5) is 0 Å². The Morgan fingerprint density at radius 1 is 1.32 bits per heavy atom. The fraction of sp³-hybridized carbons (Fsp3) is 0.444. The van der Waals surface area contributed by atoms with Crippen LogP contribution in [0.5, 0.6) is 0 Å². The van der Waals surface area contributed by atoms with Gasteiger partial charge in [-0.1, -0.05) is 57.2 Å². The summed E-state index contributed by atoms with van der Waals surface area (Å²) in [5.41, 5.74) is -0.464. The van der Waals surface area contributed by atoms with E-state index in [4.69, 9.17) is 9.47 Å². The van der Waals surface area contributed by atoms with Crippen LogP contribution in [0.3, 0.4) is 0 Å². The molecule has 1 fully saturated rings. The number of carbonyl (C=O) groups is 2. The summed E-state index contributed by atoms with van der Waals surface area (Å²) < 4.78 is 10.5. The molecular formula is C18H22O4. The van der Waals surface area contributed by atoms with E-state index in [-0.39, 0.29) is 12.4 Å². The van der Waals surface area contributed by atoms with Crippen LogP contribution in [0.15, 0.2) is 36.4 Å². The highest BCUT2D eigenvalue weighted by atomic mass is 16.6. The highest BCUT2D eigenvalue weighted by molar-refractivity contribution is 5.86. The summed E-state index contributed by atoms with van der Waals surface area (Å²) in [4.78, 5) is 24.0. The standard InChI is InChI=1S/C18H22O4/c1-17(2,3)18(11-10-13-8-6-5-7-9-13)14(16(20)21-4)12-15(19)22-18/h5-11,14H,12H2,1-4H3/b11-10+. The molecule has 2 atom stereocenters. The minimum Gasteiger partial charge on any atom is -0.469 e. The van der Waals surface area contributed by atoms with E-state index in [2.05, 4.69) is 0 Å². The van der Waals surface area contributed by atoms with Gasteiger partial charge in [0.05, 0.1) is 13.5 Å². The number of rotatable bonds is 3. The van der Waals surface area contributed by atoms with Crippen molar-refractivity contribution < 1.29 is 19.1 Å². The first-order chi connectivity index (χ1) is 10.3. The number of hydrogen-bond acceptors (Lipinski definition) is 4. The van der Waals surface area contributed by atoms with Crippen LogP contribution < -0.4 is 0 Å². The van der Waals surface area contributed by atoms with Gasteiger partial charge in [-0.15, -0.1) is 0 Å². The van der Waals surface area contributed by atoms with E-state index < -0.39 is 22.9 Å². The molecule has 0 spiro atoms. The second kappa shape index (κ2) is 5.95. The molecule has 118 valence electrons. The molecule has 2 unspecified atom stereocenters. The van der Waals surface area contributed by atoms with Gasteiger partial charge in [0.15, 0.2) is 0 Å². The minimum atomic E-state index is -1.01. The molecule has 0 amide bonds. The van der Waals surface area contributed by atoms with Crippen molar-refractivity contribution in [3.63, 3.8) is 0 Å². The molecule has 1 aliphatic rings. The van der Waals surface area contributed by atoms with Gasteiger partial charge in [-0.3, -0.25) is 9.59 Å². The molecule has 0 radical (unpaired) electrons. The van der Waals surface area contributed by atoms with Gasteiger partial charge in [-0.25, -0.2) is 0 Å². The van der Waals surface area contributed by atoms with Crippen LogP contribution in [-0.4, -0.2) is 24.6 Å². The molecular weight excluding hydrogens is 280 g/mol. The van der Waals surface area contributed by atoms with E-state index in [1.807, 2.05) is 63.3 Å². The normalized spacial score (nSPS) is 25.3. The first-order valence-corrected chi connectivity index (χ1v) is 7.34. The maximum absolute atomic E-state index is 12.1. The second-order valence-electron chi connectivity index (χ2n) is 6.54. The Bertz CT molecular complexity index is 583. The Morgan fingerprint density at radius 3 is 2.50 bits per heavy atom. The summed E-state index contributed by atoms with van der Waals surface area (Å²) in [6.45, 7) is 5.87. The minimum absolute atomic E-state index is 0.0447. The zero-order chi connectivity index (χ0) is 16.4. The van der Waals surface area contributed by atoms with E-state index in [0.29, 0.717) is 0 Å². The monoisotopic (exact) mass is 302 g/mol. The highest BCUT2D eigenvalue weighted by Crippen LogP contribution is 2.47. The van der Waals surface area contributed by atoms with Gasteiger partial charge in [0, 0.05) is 5.41 Å². The molecule has 1 aliphatic heterocycles. The van der Waals surface area contributed by atoms with Gasteiger partial charge in [0.1, 0.15) is 11.5 Å². The van der Waals surface area contributed by atoms with Crippen molar-refractivity contribution in [2.24, 2.45) is 11.3 Å². The second-order valence-corrected chi connectivity index (χ2v) is 6.54. The Morgan fingerprint density at radius 2 is 1.95 bits per heavy atom. The Balaban J connectivity index is 2.46. The molecule has 1 saturated heterocycles. The summed E-state index contributed by atoms with van der Waals surface area (Å²) >= 11 is 0. The topological polar surface area (TPSA) is 52.6 Å². The van der Waals surface area contributed by atoms with E-state index in [0.717, 1.165) is 5.56 Å². The third-order valence-electron chi connectivity index (χ3n) is 4.15. The Hall–Kier alpha value is -2.10. The van der Waals surface area contributed by atoms with E-state index in [1.165, 1.54) is 7.11 Å². The van der Waals surface area contributed by atoms with Gasteiger partial charge in [0.2, 0.25) is 0 Å². The van der Waals surface area contributed by atoms with Crippen molar-refractivity contribution in [2.75, 3.05) is 7.11 Å². The zero-order valence-electron chi connectivity index (χ0n) is 13.5. The summed E-state index contributed by atoms with van der Waals surface area (Å²) in [5, 5.41) is 0. The predicted octanol–water partition coefficient (Wildman–Crippen LogP) is 3.22. The predicted molar refractivity (Wildman–Crippen MR) is 83.9 cm³/mol. The lowest BCUT2D eigenvalue weighted by Gasteiger charge is -2.40. The Labute approximate surface area is 131 Å². The number of esters is 2. The third-order valence-corrected chi connectivity index (χ3v) is 4.15. The van der Waals surface area contributed by atoms with Crippen LogP contribution >= 0.6 is 0 Å². The lowest BCUT2D eigenvalue weighted by molar-refractivity contribution is -0.161. The van der Waals surface area contributed by atoms with E-state index >= 15 is 0 Å². The van der Waals surface area contributed by atoms with Crippen molar-refractivity contribution in [1.82, 2.24) is 0 Å². The molecule has 0 bridgehead atoms. The zero-order valence-corrected chi connectivity index (χ0v) is 13.5. The molecule has 2 rings (SSSR count). The number of benzene rings is 1. The molecule has 4 heteroatoms. The fourth-order valence-electron chi connectivity index (χ4n) is 2.88. The number of hydrogen-bond donors (Lipinski definition) is 0. The summed E-state index contributed by atoms with van der Waals surface area (Å²) in [7, 11) is 1.33. The average molecular weight is 302 g/mol. The number of methoxy groups -OCH3 is 1. The maximum atomic E-state index is 12.1. The summed E-state index contributed by atoms with van der Waals surface area (Å²) in [6.07, 6.45) is 3.76. The van der Waals surface area contributed by atoms with Gasteiger partial charge in [0.25, 0.3) is 0 Å². The third kappa shape index (κ3) is 2.91. The fourth-order valence-corrected chi connectivity index (χ4v) is 2.88. The maximum Gasteiger partial charge on any atom is 0.313 e. The van der Waals surface area contributed by atoms with Crippen LogP contribution in [0.25, 0.3) is 6.08 Å². The lowest BCUT2D eigenvalue weighted by Crippen LogP contribution is -2.49. The molecule has 4 nitrogen and oxygen atoms in total.